The molecule has 2 unspecified atom stereocenters. The molecule has 118 valence electrons. The summed E-state index contributed by atoms with van der Waals surface area (Å²) < 4.78 is 2.27. The monoisotopic (exact) mass is 422 g/mol. The zero-order chi connectivity index (χ0) is 16.4. The van der Waals surface area contributed by atoms with Crippen molar-refractivity contribution in [1.82, 2.24) is 0 Å². The fourth-order valence-corrected chi connectivity index (χ4v) is 3.99. The first kappa shape index (κ1) is 17.7. The van der Waals surface area contributed by atoms with Crippen LogP contribution < -0.4 is 0 Å². The highest BCUT2D eigenvalue weighted by Crippen LogP contribution is 2.48. The fourth-order valence-electron chi connectivity index (χ4n) is 3.46. The van der Waals surface area contributed by atoms with Crippen LogP contribution in [0.25, 0.3) is 0 Å². The van der Waals surface area contributed by atoms with E-state index in [0.717, 1.165) is 21.8 Å². The first-order valence-corrected chi connectivity index (χ1v) is 9.48. The van der Waals surface area contributed by atoms with E-state index in [1.807, 2.05) is 0 Å². The zero-order valence-electron chi connectivity index (χ0n) is 13.8. The molecule has 0 heterocycles. The molecule has 0 aliphatic heterocycles. The Hall–Kier alpha value is -0.600. The van der Waals surface area contributed by atoms with Crippen molar-refractivity contribution >= 4 is 31.9 Å². The van der Waals surface area contributed by atoms with Crippen LogP contribution in [0.4, 0.5) is 0 Å². The van der Waals surface area contributed by atoms with Gasteiger partial charge in [-0.15, -0.1) is 0 Å². The lowest BCUT2D eigenvalue weighted by molar-refractivity contribution is 0.234. The van der Waals surface area contributed by atoms with Gasteiger partial charge in [-0.1, -0.05) is 83.8 Å². The van der Waals surface area contributed by atoms with Gasteiger partial charge in [-0.05, 0) is 48.2 Å². The lowest BCUT2D eigenvalue weighted by Gasteiger charge is -2.47. The van der Waals surface area contributed by atoms with E-state index >= 15 is 0 Å². The minimum Gasteiger partial charge on any atom is -0.0645 e. The van der Waals surface area contributed by atoms with Gasteiger partial charge in [0.1, 0.15) is 0 Å². The van der Waals surface area contributed by atoms with Crippen molar-refractivity contribution in [3.8, 4) is 0 Å². The molecule has 2 rings (SSSR count). The van der Waals surface area contributed by atoms with Gasteiger partial charge in [0.15, 0.2) is 0 Å². The van der Waals surface area contributed by atoms with Gasteiger partial charge in [-0.2, -0.15) is 0 Å². The molecule has 2 aromatic carbocycles. The molecule has 2 atom stereocenters. The van der Waals surface area contributed by atoms with Gasteiger partial charge in [0.2, 0.25) is 0 Å². The Bertz CT molecular complexity index is 558. The van der Waals surface area contributed by atoms with Crippen LogP contribution in [0.5, 0.6) is 0 Å². The normalized spacial score (nSPS) is 16.8. The standard InChI is InChI=1S/C20H24Br2/c1-5-19(3,15-7-11-17(21)12-8-15)20(4,6-2)16-9-13-18(22)14-10-16/h7-14H,5-6H2,1-4H3. The van der Waals surface area contributed by atoms with Crippen molar-refractivity contribution in [3.05, 3.63) is 68.6 Å². The molecule has 0 fully saturated rings. The smallest absolute Gasteiger partial charge is 0.0175 e. The minimum absolute atomic E-state index is 0.0935. The highest BCUT2D eigenvalue weighted by atomic mass is 79.9. The number of hydrogen-bond donors (Lipinski definition) is 0. The van der Waals surface area contributed by atoms with Crippen LogP contribution in [0.1, 0.15) is 51.7 Å². The van der Waals surface area contributed by atoms with Crippen LogP contribution in [-0.2, 0) is 10.8 Å². The second-order valence-electron chi connectivity index (χ2n) is 6.39. The maximum atomic E-state index is 3.55. The van der Waals surface area contributed by atoms with E-state index in [0.29, 0.717) is 0 Å². The van der Waals surface area contributed by atoms with Gasteiger partial charge in [0, 0.05) is 19.8 Å². The molecule has 0 amide bonds. The highest BCUT2D eigenvalue weighted by Gasteiger charge is 2.44. The van der Waals surface area contributed by atoms with Crippen molar-refractivity contribution in [2.45, 2.75) is 51.4 Å². The van der Waals surface area contributed by atoms with E-state index in [9.17, 15) is 0 Å². The van der Waals surface area contributed by atoms with Gasteiger partial charge in [0.25, 0.3) is 0 Å². The second kappa shape index (κ2) is 6.88. The molecule has 22 heavy (non-hydrogen) atoms. The van der Waals surface area contributed by atoms with E-state index in [4.69, 9.17) is 0 Å². The van der Waals surface area contributed by atoms with Crippen LogP contribution in [0, 0.1) is 0 Å². The lowest BCUT2D eigenvalue weighted by atomic mass is 9.56. The molecule has 0 N–H and O–H groups in total. The molecule has 0 aliphatic carbocycles. The summed E-state index contributed by atoms with van der Waals surface area (Å²) in [7, 11) is 0. The zero-order valence-corrected chi connectivity index (χ0v) is 17.0. The van der Waals surface area contributed by atoms with Crippen LogP contribution in [0.3, 0.4) is 0 Å². The summed E-state index contributed by atoms with van der Waals surface area (Å²) in [6, 6.07) is 17.7. The van der Waals surface area contributed by atoms with Crippen LogP contribution >= 0.6 is 31.9 Å². The number of hydrogen-bond acceptors (Lipinski definition) is 0. The van der Waals surface area contributed by atoms with Crippen molar-refractivity contribution < 1.29 is 0 Å². The van der Waals surface area contributed by atoms with E-state index < -0.39 is 0 Å². The topological polar surface area (TPSA) is 0 Å². The second-order valence-corrected chi connectivity index (χ2v) is 8.22. The molecular weight excluding hydrogens is 400 g/mol. The van der Waals surface area contributed by atoms with Crippen molar-refractivity contribution in [2.24, 2.45) is 0 Å². The summed E-state index contributed by atoms with van der Waals surface area (Å²) in [5.74, 6) is 0. The van der Waals surface area contributed by atoms with Gasteiger partial charge < -0.3 is 0 Å². The van der Waals surface area contributed by atoms with E-state index in [1.54, 1.807) is 0 Å². The summed E-state index contributed by atoms with van der Waals surface area (Å²) in [6.45, 7) is 9.41. The summed E-state index contributed by atoms with van der Waals surface area (Å²) in [5.41, 5.74) is 3.00. The molecule has 2 aromatic rings. The minimum atomic E-state index is 0.0935. The maximum Gasteiger partial charge on any atom is 0.0175 e. The average Bonchev–Trinajstić information content (AvgIpc) is 2.54. The van der Waals surface area contributed by atoms with E-state index in [2.05, 4.69) is 108 Å². The molecule has 0 nitrogen and oxygen atoms in total. The lowest BCUT2D eigenvalue weighted by Crippen LogP contribution is -2.44. The predicted molar refractivity (Wildman–Crippen MR) is 104 cm³/mol. The summed E-state index contributed by atoms with van der Waals surface area (Å²) in [6.07, 6.45) is 2.21. The van der Waals surface area contributed by atoms with Gasteiger partial charge in [0.05, 0.1) is 0 Å². The molecule has 0 saturated heterocycles. The Morgan fingerprint density at radius 1 is 0.636 bits per heavy atom. The van der Waals surface area contributed by atoms with Crippen LogP contribution in [0.2, 0.25) is 0 Å². The van der Waals surface area contributed by atoms with Crippen molar-refractivity contribution in [2.75, 3.05) is 0 Å². The fraction of sp³-hybridized carbons (Fsp3) is 0.400. The Morgan fingerprint density at radius 2 is 0.909 bits per heavy atom. The summed E-state index contributed by atoms with van der Waals surface area (Å²) in [4.78, 5) is 0. The number of rotatable bonds is 5. The molecule has 0 spiro atoms. The largest absolute Gasteiger partial charge is 0.0645 e. The van der Waals surface area contributed by atoms with Gasteiger partial charge >= 0.3 is 0 Å². The molecule has 2 heteroatoms. The molecule has 0 aromatic heterocycles. The SMILES string of the molecule is CCC(C)(c1ccc(Br)cc1)C(C)(CC)c1ccc(Br)cc1. The van der Waals surface area contributed by atoms with E-state index in [-0.39, 0.29) is 10.8 Å². The quantitative estimate of drug-likeness (QED) is 0.475. The molecular formula is C20H24Br2. The first-order chi connectivity index (χ1) is 10.4. The van der Waals surface area contributed by atoms with Crippen LogP contribution in [0.15, 0.2) is 57.5 Å². The van der Waals surface area contributed by atoms with Gasteiger partial charge in [-0.3, -0.25) is 0 Å². The maximum absolute atomic E-state index is 3.55. The Labute approximate surface area is 151 Å². The van der Waals surface area contributed by atoms with Crippen LogP contribution in [-0.4, -0.2) is 0 Å². The number of benzene rings is 2. The third-order valence-corrected chi connectivity index (χ3v) is 6.65. The van der Waals surface area contributed by atoms with Gasteiger partial charge in [-0.25, -0.2) is 0 Å². The van der Waals surface area contributed by atoms with Crippen molar-refractivity contribution in [1.29, 1.82) is 0 Å². The number of halogens is 2. The molecule has 0 saturated carbocycles. The Kier molecular flexibility index (Phi) is 5.55. The first-order valence-electron chi connectivity index (χ1n) is 7.89. The Balaban J connectivity index is 2.57. The molecule has 0 radical (unpaired) electrons. The molecule has 0 aliphatic rings. The van der Waals surface area contributed by atoms with E-state index in [1.165, 1.54) is 11.1 Å². The average molecular weight is 424 g/mol. The summed E-state index contributed by atoms with van der Waals surface area (Å²) in [5, 5.41) is 0. The van der Waals surface area contributed by atoms with Crippen molar-refractivity contribution in [3.63, 3.8) is 0 Å². The highest BCUT2D eigenvalue weighted by molar-refractivity contribution is 9.10. The summed E-state index contributed by atoms with van der Waals surface area (Å²) >= 11 is 7.10. The molecule has 0 bridgehead atoms. The Morgan fingerprint density at radius 3 is 1.14 bits per heavy atom. The predicted octanol–water partition coefficient (Wildman–Crippen LogP) is 7.25. The third kappa shape index (κ3) is 3.05. The third-order valence-electron chi connectivity index (χ3n) is 5.59.